The Morgan fingerprint density at radius 2 is 1.51 bits per heavy atom. The molecule has 0 fully saturated rings. The first-order valence-electron chi connectivity index (χ1n) is 11.5. The molecule has 0 aliphatic carbocycles. The summed E-state index contributed by atoms with van der Waals surface area (Å²) >= 11 is 0. The summed E-state index contributed by atoms with van der Waals surface area (Å²) < 4.78 is 43.1. The number of carbonyl (C=O) groups is 3. The van der Waals surface area contributed by atoms with Crippen LogP contribution in [-0.2, 0) is 20.5 Å². The highest BCUT2D eigenvalue weighted by Gasteiger charge is 2.30. The van der Waals surface area contributed by atoms with Crippen molar-refractivity contribution in [3.05, 3.63) is 59.7 Å². The first-order chi connectivity index (χ1) is 16.5. The van der Waals surface area contributed by atoms with Crippen molar-refractivity contribution in [3.8, 4) is 0 Å². The number of anilines is 2. The van der Waals surface area contributed by atoms with Gasteiger partial charge in [-0.1, -0.05) is 13.8 Å². The molecule has 2 rings (SSSR count). The molecule has 2 aromatic rings. The fraction of sp³-hybridized carbons (Fsp3) is 0.423. The van der Waals surface area contributed by atoms with E-state index in [0.29, 0.717) is 30.7 Å². The molecular weight excluding hydrogens is 461 g/mol. The van der Waals surface area contributed by atoms with Gasteiger partial charge in [0.1, 0.15) is 6.04 Å². The fourth-order valence-corrected chi connectivity index (χ4v) is 3.40. The third-order valence-corrected chi connectivity index (χ3v) is 5.14. The molecule has 1 amide bonds. The number of halogens is 3. The van der Waals surface area contributed by atoms with E-state index in [2.05, 4.69) is 10.6 Å². The van der Waals surface area contributed by atoms with Crippen molar-refractivity contribution >= 4 is 29.0 Å². The monoisotopic (exact) mass is 492 g/mol. The van der Waals surface area contributed by atoms with Crippen LogP contribution in [0.3, 0.4) is 0 Å². The van der Waals surface area contributed by atoms with Crippen molar-refractivity contribution in [3.63, 3.8) is 0 Å². The second kappa shape index (κ2) is 12.9. The number of hydrogen-bond donors (Lipinski definition) is 2. The van der Waals surface area contributed by atoms with Crippen molar-refractivity contribution < 1.29 is 32.3 Å². The Morgan fingerprint density at radius 3 is 2.06 bits per heavy atom. The molecule has 2 aromatic carbocycles. The maximum Gasteiger partial charge on any atom is 0.416 e. The van der Waals surface area contributed by atoms with E-state index in [0.717, 1.165) is 12.1 Å². The molecule has 0 aromatic heterocycles. The normalized spacial score (nSPS) is 12.2. The second-order valence-electron chi connectivity index (χ2n) is 8.55. The second-order valence-corrected chi connectivity index (χ2v) is 8.55. The van der Waals surface area contributed by atoms with Crippen LogP contribution in [0.15, 0.2) is 48.5 Å². The van der Waals surface area contributed by atoms with Crippen molar-refractivity contribution in [1.29, 1.82) is 0 Å². The predicted octanol–water partition coefficient (Wildman–Crippen LogP) is 6.09. The van der Waals surface area contributed by atoms with Gasteiger partial charge in [-0.15, -0.1) is 0 Å². The number of ether oxygens (including phenoxy) is 1. The van der Waals surface area contributed by atoms with Gasteiger partial charge in [0.2, 0.25) is 5.91 Å². The third kappa shape index (κ3) is 9.42. The average molecular weight is 493 g/mol. The minimum atomic E-state index is -4.45. The van der Waals surface area contributed by atoms with Crippen molar-refractivity contribution in [2.75, 3.05) is 17.2 Å². The molecule has 0 bridgehead atoms. The van der Waals surface area contributed by atoms with Crippen LogP contribution in [0.25, 0.3) is 0 Å². The molecule has 9 heteroatoms. The molecule has 0 aliphatic heterocycles. The quantitative estimate of drug-likeness (QED) is 0.277. The van der Waals surface area contributed by atoms with Crippen molar-refractivity contribution in [2.24, 2.45) is 5.92 Å². The number of carbonyl (C=O) groups excluding carboxylic acids is 3. The SMILES string of the molecule is CCOC(=O)CCCC(=O)c1ccc(N[C@H](CC(C)C)C(=O)Nc2ccc(C(F)(F)F)cc2)cc1. The van der Waals surface area contributed by atoms with Crippen LogP contribution >= 0.6 is 0 Å². The molecule has 6 nitrogen and oxygen atoms in total. The molecule has 0 aliphatic rings. The number of alkyl halides is 3. The lowest BCUT2D eigenvalue weighted by molar-refractivity contribution is -0.143. The average Bonchev–Trinajstić information content (AvgIpc) is 2.78. The van der Waals surface area contributed by atoms with Gasteiger partial charge in [-0.3, -0.25) is 14.4 Å². The lowest BCUT2D eigenvalue weighted by atomic mass is 10.0. The number of ketones is 1. The number of Topliss-reactive ketones (excluding diaryl/α,β-unsaturated/α-hetero) is 1. The summed E-state index contributed by atoms with van der Waals surface area (Å²) in [6.07, 6.45) is -3.15. The van der Waals surface area contributed by atoms with Crippen LogP contribution < -0.4 is 10.6 Å². The molecular formula is C26H31F3N2O4. The van der Waals surface area contributed by atoms with E-state index in [9.17, 15) is 27.6 Å². The Morgan fingerprint density at radius 1 is 0.914 bits per heavy atom. The molecule has 190 valence electrons. The Hall–Kier alpha value is -3.36. The summed E-state index contributed by atoms with van der Waals surface area (Å²) in [6, 6.07) is 10.3. The van der Waals surface area contributed by atoms with Crippen molar-refractivity contribution in [1.82, 2.24) is 0 Å². The maximum absolute atomic E-state index is 12.8. The molecule has 1 atom stereocenters. The highest BCUT2D eigenvalue weighted by atomic mass is 19.4. The van der Waals surface area contributed by atoms with Crippen LogP contribution in [-0.4, -0.2) is 30.3 Å². The van der Waals surface area contributed by atoms with Gasteiger partial charge in [-0.25, -0.2) is 0 Å². The predicted molar refractivity (Wildman–Crippen MR) is 128 cm³/mol. The molecule has 0 saturated heterocycles. The van der Waals surface area contributed by atoms with Gasteiger partial charge in [-0.05, 0) is 74.2 Å². The van der Waals surface area contributed by atoms with Gasteiger partial charge in [0.25, 0.3) is 0 Å². The van der Waals surface area contributed by atoms with Gasteiger partial charge in [-0.2, -0.15) is 13.2 Å². The zero-order chi connectivity index (χ0) is 26.0. The summed E-state index contributed by atoms with van der Waals surface area (Å²) in [6.45, 7) is 5.94. The van der Waals surface area contributed by atoms with E-state index in [-0.39, 0.29) is 42.1 Å². The summed E-state index contributed by atoms with van der Waals surface area (Å²) in [5.41, 5.74) is 0.598. The van der Waals surface area contributed by atoms with Crippen LogP contribution in [0.1, 0.15) is 62.4 Å². The zero-order valence-corrected chi connectivity index (χ0v) is 20.1. The maximum atomic E-state index is 12.8. The zero-order valence-electron chi connectivity index (χ0n) is 20.1. The number of rotatable bonds is 12. The van der Waals surface area contributed by atoms with E-state index >= 15 is 0 Å². The molecule has 0 radical (unpaired) electrons. The van der Waals surface area contributed by atoms with Crippen LogP contribution in [0, 0.1) is 5.92 Å². The first-order valence-corrected chi connectivity index (χ1v) is 11.5. The molecule has 0 unspecified atom stereocenters. The molecule has 35 heavy (non-hydrogen) atoms. The number of amides is 1. The Labute approximate surface area is 203 Å². The smallest absolute Gasteiger partial charge is 0.416 e. The summed E-state index contributed by atoms with van der Waals surface area (Å²) in [5, 5.41) is 5.80. The summed E-state index contributed by atoms with van der Waals surface area (Å²) in [7, 11) is 0. The highest BCUT2D eigenvalue weighted by Crippen LogP contribution is 2.30. The first kappa shape index (κ1) is 27.9. The van der Waals surface area contributed by atoms with Crippen LogP contribution in [0.5, 0.6) is 0 Å². The third-order valence-electron chi connectivity index (χ3n) is 5.14. The highest BCUT2D eigenvalue weighted by molar-refractivity contribution is 5.98. The van der Waals surface area contributed by atoms with Crippen LogP contribution in [0.2, 0.25) is 0 Å². The number of benzene rings is 2. The van der Waals surface area contributed by atoms with E-state index in [1.54, 1.807) is 31.2 Å². The largest absolute Gasteiger partial charge is 0.466 e. The number of hydrogen-bond acceptors (Lipinski definition) is 5. The van der Waals surface area contributed by atoms with Gasteiger partial charge in [0, 0.05) is 29.8 Å². The fourth-order valence-electron chi connectivity index (χ4n) is 3.40. The van der Waals surface area contributed by atoms with Gasteiger partial charge < -0.3 is 15.4 Å². The van der Waals surface area contributed by atoms with Crippen LogP contribution in [0.4, 0.5) is 24.5 Å². The van der Waals surface area contributed by atoms with Gasteiger partial charge in [0.05, 0.1) is 12.2 Å². The van der Waals surface area contributed by atoms with Crippen molar-refractivity contribution in [2.45, 2.75) is 58.7 Å². The Balaban J connectivity index is 1.99. The number of nitrogens with one attached hydrogen (secondary N) is 2. The van der Waals surface area contributed by atoms with Gasteiger partial charge in [0.15, 0.2) is 5.78 Å². The topological polar surface area (TPSA) is 84.5 Å². The molecule has 0 saturated carbocycles. The van der Waals surface area contributed by atoms with E-state index in [4.69, 9.17) is 4.74 Å². The minimum absolute atomic E-state index is 0.0976. The molecule has 0 spiro atoms. The molecule has 2 N–H and O–H groups in total. The Kier molecular flexibility index (Phi) is 10.3. The summed E-state index contributed by atoms with van der Waals surface area (Å²) in [4.78, 5) is 36.6. The summed E-state index contributed by atoms with van der Waals surface area (Å²) in [5.74, 6) is -0.631. The van der Waals surface area contributed by atoms with E-state index in [1.165, 1.54) is 12.1 Å². The Bertz CT molecular complexity index is 987. The molecule has 0 heterocycles. The standard InChI is InChI=1S/C26H31F3N2O4/c1-4-35-24(33)7-5-6-23(32)18-8-12-20(13-9-18)30-22(16-17(2)3)25(34)31-21-14-10-19(11-15-21)26(27,28)29/h8-15,17,22,30H,4-7,16H2,1-3H3,(H,31,34)/t22-/m1/s1. The lowest BCUT2D eigenvalue weighted by Gasteiger charge is -2.21. The van der Waals surface area contributed by atoms with Gasteiger partial charge >= 0.3 is 12.1 Å². The lowest BCUT2D eigenvalue weighted by Crippen LogP contribution is -2.35. The van der Waals surface area contributed by atoms with E-state index < -0.39 is 17.8 Å². The number of esters is 1. The van der Waals surface area contributed by atoms with E-state index in [1.807, 2.05) is 13.8 Å². The minimum Gasteiger partial charge on any atom is -0.466 e.